The standard InChI is InChI=1S/C7H14O4/c1-2-7(3-8)4-10-6(9)11-5-7/h6,8-9H,2-5H2,1H3. The Labute approximate surface area is 65.7 Å². The zero-order valence-corrected chi connectivity index (χ0v) is 6.62. The number of ether oxygens (including phenoxy) is 2. The van der Waals surface area contributed by atoms with E-state index in [1.807, 2.05) is 6.92 Å². The first-order valence-electron chi connectivity index (χ1n) is 3.74. The molecule has 1 aliphatic heterocycles. The second kappa shape index (κ2) is 3.49. The van der Waals surface area contributed by atoms with Gasteiger partial charge in [0.05, 0.1) is 19.8 Å². The summed E-state index contributed by atoms with van der Waals surface area (Å²) in [7, 11) is 0. The Hall–Kier alpha value is -0.160. The molecule has 1 rings (SSSR count). The zero-order chi connectivity index (χ0) is 8.32. The lowest BCUT2D eigenvalue weighted by molar-refractivity contribution is -0.323. The van der Waals surface area contributed by atoms with Gasteiger partial charge in [0.25, 0.3) is 6.48 Å². The molecular formula is C7H14O4. The minimum absolute atomic E-state index is 0.0379. The predicted molar refractivity (Wildman–Crippen MR) is 37.7 cm³/mol. The van der Waals surface area contributed by atoms with Crippen molar-refractivity contribution in [1.29, 1.82) is 0 Å². The van der Waals surface area contributed by atoms with Gasteiger partial charge in [-0.05, 0) is 6.42 Å². The highest BCUT2D eigenvalue weighted by Gasteiger charge is 2.34. The van der Waals surface area contributed by atoms with E-state index < -0.39 is 6.48 Å². The quantitative estimate of drug-likeness (QED) is 0.585. The van der Waals surface area contributed by atoms with Gasteiger partial charge in [0, 0.05) is 5.41 Å². The highest BCUT2D eigenvalue weighted by Crippen LogP contribution is 2.26. The molecule has 2 N–H and O–H groups in total. The molecule has 4 nitrogen and oxygen atoms in total. The molecule has 0 aromatic heterocycles. The summed E-state index contributed by atoms with van der Waals surface area (Å²) in [5, 5.41) is 17.8. The van der Waals surface area contributed by atoms with Crippen molar-refractivity contribution < 1.29 is 19.7 Å². The van der Waals surface area contributed by atoms with Crippen LogP contribution in [0.25, 0.3) is 0 Å². The van der Waals surface area contributed by atoms with Crippen LogP contribution in [0, 0.1) is 5.41 Å². The first-order chi connectivity index (χ1) is 5.22. The van der Waals surface area contributed by atoms with Gasteiger partial charge in [-0.1, -0.05) is 6.92 Å². The molecule has 1 fully saturated rings. The SMILES string of the molecule is CCC1(CO)COC(O)OC1. The lowest BCUT2D eigenvalue weighted by Gasteiger charge is -2.35. The van der Waals surface area contributed by atoms with E-state index in [0.29, 0.717) is 13.2 Å². The molecule has 0 saturated carbocycles. The first-order valence-corrected chi connectivity index (χ1v) is 3.74. The Morgan fingerprint density at radius 1 is 1.45 bits per heavy atom. The fourth-order valence-electron chi connectivity index (χ4n) is 0.993. The molecule has 0 aromatic rings. The van der Waals surface area contributed by atoms with Gasteiger partial charge in [0.15, 0.2) is 0 Å². The van der Waals surface area contributed by atoms with Gasteiger partial charge in [-0.2, -0.15) is 0 Å². The Morgan fingerprint density at radius 2 is 2.00 bits per heavy atom. The van der Waals surface area contributed by atoms with Gasteiger partial charge >= 0.3 is 0 Å². The average Bonchev–Trinajstić information content (AvgIpc) is 2.07. The molecule has 4 heteroatoms. The van der Waals surface area contributed by atoms with E-state index >= 15 is 0 Å². The van der Waals surface area contributed by atoms with E-state index in [2.05, 4.69) is 0 Å². The lowest BCUT2D eigenvalue weighted by atomic mass is 9.88. The molecule has 11 heavy (non-hydrogen) atoms. The van der Waals surface area contributed by atoms with Crippen molar-refractivity contribution in [2.75, 3.05) is 19.8 Å². The third-order valence-corrected chi connectivity index (χ3v) is 2.15. The summed E-state index contributed by atoms with van der Waals surface area (Å²) in [6.07, 6.45) is 0.788. The maximum absolute atomic E-state index is 8.99. The third kappa shape index (κ3) is 1.90. The van der Waals surface area contributed by atoms with Crippen molar-refractivity contribution in [1.82, 2.24) is 0 Å². The summed E-state index contributed by atoms with van der Waals surface area (Å²) in [6.45, 7) is 1.61. The summed E-state index contributed by atoms with van der Waals surface area (Å²) in [5.74, 6) is 0. The fraction of sp³-hybridized carbons (Fsp3) is 1.00. The molecule has 0 aliphatic carbocycles. The number of hydrogen-bond donors (Lipinski definition) is 2. The van der Waals surface area contributed by atoms with Crippen LogP contribution in [0.15, 0.2) is 0 Å². The van der Waals surface area contributed by atoms with Crippen molar-refractivity contribution in [3.05, 3.63) is 0 Å². The van der Waals surface area contributed by atoms with Gasteiger partial charge in [0.1, 0.15) is 0 Å². The van der Waals surface area contributed by atoms with Crippen LogP contribution >= 0.6 is 0 Å². The van der Waals surface area contributed by atoms with Crippen molar-refractivity contribution in [3.63, 3.8) is 0 Å². The summed E-state index contributed by atoms with van der Waals surface area (Å²) in [4.78, 5) is 0. The number of hydrogen-bond acceptors (Lipinski definition) is 4. The van der Waals surface area contributed by atoms with Crippen LogP contribution in [0.3, 0.4) is 0 Å². The van der Waals surface area contributed by atoms with Crippen LogP contribution in [0.4, 0.5) is 0 Å². The van der Waals surface area contributed by atoms with Crippen LogP contribution in [0.5, 0.6) is 0 Å². The summed E-state index contributed by atoms with van der Waals surface area (Å²) >= 11 is 0. The lowest BCUT2D eigenvalue weighted by Crippen LogP contribution is -2.43. The maximum Gasteiger partial charge on any atom is 0.269 e. The topological polar surface area (TPSA) is 58.9 Å². The van der Waals surface area contributed by atoms with Crippen LogP contribution in [0.1, 0.15) is 13.3 Å². The number of aliphatic hydroxyl groups is 2. The second-order valence-corrected chi connectivity index (χ2v) is 2.94. The van der Waals surface area contributed by atoms with Crippen LogP contribution in [-0.4, -0.2) is 36.5 Å². The average molecular weight is 162 g/mol. The van der Waals surface area contributed by atoms with Crippen LogP contribution in [-0.2, 0) is 9.47 Å². The van der Waals surface area contributed by atoms with Gasteiger partial charge in [0.2, 0.25) is 0 Å². The van der Waals surface area contributed by atoms with E-state index in [9.17, 15) is 0 Å². The molecule has 1 heterocycles. The van der Waals surface area contributed by atoms with Gasteiger partial charge in [-0.3, -0.25) is 0 Å². The molecule has 1 aliphatic rings. The van der Waals surface area contributed by atoms with Crippen molar-refractivity contribution in [2.24, 2.45) is 5.41 Å². The molecule has 0 aromatic carbocycles. The highest BCUT2D eigenvalue weighted by molar-refractivity contribution is 4.78. The van der Waals surface area contributed by atoms with E-state index in [-0.39, 0.29) is 12.0 Å². The highest BCUT2D eigenvalue weighted by atomic mass is 16.8. The number of rotatable bonds is 2. The predicted octanol–water partition coefficient (Wildman–Crippen LogP) is -0.302. The Morgan fingerprint density at radius 3 is 2.36 bits per heavy atom. The van der Waals surface area contributed by atoms with Crippen molar-refractivity contribution in [3.8, 4) is 0 Å². The maximum atomic E-state index is 8.99. The zero-order valence-electron chi connectivity index (χ0n) is 6.62. The van der Waals surface area contributed by atoms with E-state index in [4.69, 9.17) is 19.7 Å². The van der Waals surface area contributed by atoms with E-state index in [0.717, 1.165) is 6.42 Å². The smallest absolute Gasteiger partial charge is 0.269 e. The minimum Gasteiger partial charge on any atom is -0.396 e. The molecule has 0 unspecified atom stereocenters. The third-order valence-electron chi connectivity index (χ3n) is 2.15. The van der Waals surface area contributed by atoms with Gasteiger partial charge < -0.3 is 19.7 Å². The fourth-order valence-corrected chi connectivity index (χ4v) is 0.993. The summed E-state index contributed by atoms with van der Waals surface area (Å²) in [6, 6.07) is 0. The van der Waals surface area contributed by atoms with Crippen LogP contribution in [0.2, 0.25) is 0 Å². The largest absolute Gasteiger partial charge is 0.396 e. The Balaban J connectivity index is 2.45. The molecule has 0 spiro atoms. The van der Waals surface area contributed by atoms with E-state index in [1.165, 1.54) is 0 Å². The first kappa shape index (κ1) is 8.93. The summed E-state index contributed by atoms with van der Waals surface area (Å²) in [5.41, 5.74) is -0.306. The molecule has 0 amide bonds. The summed E-state index contributed by atoms with van der Waals surface area (Å²) < 4.78 is 9.70. The normalized spacial score (nSPS) is 39.0. The monoisotopic (exact) mass is 162 g/mol. The Kier molecular flexibility index (Phi) is 2.84. The molecular weight excluding hydrogens is 148 g/mol. The molecule has 1 saturated heterocycles. The van der Waals surface area contributed by atoms with Gasteiger partial charge in [-0.25, -0.2) is 0 Å². The molecule has 66 valence electrons. The van der Waals surface area contributed by atoms with E-state index in [1.54, 1.807) is 0 Å². The molecule has 0 radical (unpaired) electrons. The van der Waals surface area contributed by atoms with Crippen LogP contribution < -0.4 is 0 Å². The minimum atomic E-state index is -1.11. The molecule has 0 atom stereocenters. The van der Waals surface area contributed by atoms with Gasteiger partial charge in [-0.15, -0.1) is 0 Å². The number of aliphatic hydroxyl groups excluding tert-OH is 2. The van der Waals surface area contributed by atoms with Crippen molar-refractivity contribution in [2.45, 2.75) is 19.8 Å². The second-order valence-electron chi connectivity index (χ2n) is 2.94. The van der Waals surface area contributed by atoms with Crippen molar-refractivity contribution >= 4 is 0 Å². The Bertz CT molecular complexity index is 112. The molecule has 0 bridgehead atoms.